The lowest BCUT2D eigenvalue weighted by Gasteiger charge is -2.39. The van der Waals surface area contributed by atoms with Gasteiger partial charge in [-0.15, -0.1) is 0 Å². The predicted octanol–water partition coefficient (Wildman–Crippen LogP) is 1.32. The fourth-order valence-corrected chi connectivity index (χ4v) is 3.61. The number of rotatable bonds is 1. The van der Waals surface area contributed by atoms with Crippen LogP contribution in [-0.4, -0.2) is 49.1 Å². The van der Waals surface area contributed by atoms with Crippen LogP contribution in [0.2, 0.25) is 0 Å². The molecule has 1 saturated heterocycles. The van der Waals surface area contributed by atoms with E-state index in [-0.39, 0.29) is 29.7 Å². The highest BCUT2D eigenvalue weighted by molar-refractivity contribution is 5.84. The summed E-state index contributed by atoms with van der Waals surface area (Å²) in [7, 11) is 0. The van der Waals surface area contributed by atoms with E-state index in [0.717, 1.165) is 51.5 Å². The number of carbonyl (C=O) groups excluding carboxylic acids is 2. The van der Waals surface area contributed by atoms with Crippen LogP contribution in [-0.2, 0) is 14.3 Å². The van der Waals surface area contributed by atoms with Crippen LogP contribution in [0.5, 0.6) is 0 Å². The molecule has 1 aliphatic heterocycles. The quantitative estimate of drug-likeness (QED) is 0.793. The average Bonchev–Trinajstić information content (AvgIpc) is 3.33. The molecule has 0 radical (unpaired) electrons. The molecule has 0 aromatic rings. The first-order valence-corrected chi connectivity index (χ1v) is 8.43. The number of fused-ring (bicyclic) bond motifs is 1. The summed E-state index contributed by atoms with van der Waals surface area (Å²) in [6, 6.07) is 0.102. The van der Waals surface area contributed by atoms with E-state index in [1.165, 1.54) is 0 Å². The maximum absolute atomic E-state index is 12.6. The zero-order valence-corrected chi connectivity index (χ0v) is 12.7. The Hall–Kier alpha value is -1.10. The molecule has 1 heterocycles. The van der Waals surface area contributed by atoms with E-state index < -0.39 is 0 Å². The number of ether oxygens (including phenoxy) is 1. The zero-order chi connectivity index (χ0) is 14.7. The van der Waals surface area contributed by atoms with Crippen LogP contribution >= 0.6 is 0 Å². The first-order valence-electron chi connectivity index (χ1n) is 8.43. The largest absolute Gasteiger partial charge is 0.380 e. The van der Waals surface area contributed by atoms with Crippen LogP contribution in [0.4, 0.5) is 0 Å². The molecule has 5 nitrogen and oxygen atoms in total. The Morgan fingerprint density at radius 3 is 2.71 bits per heavy atom. The molecule has 0 bridgehead atoms. The lowest BCUT2D eigenvalue weighted by Crippen LogP contribution is -2.51. The summed E-state index contributed by atoms with van der Waals surface area (Å²) < 4.78 is 5.52. The molecule has 2 aliphatic carbocycles. The fraction of sp³-hybridized carbons (Fsp3) is 0.875. The maximum Gasteiger partial charge on any atom is 0.225 e. The van der Waals surface area contributed by atoms with E-state index in [1.54, 1.807) is 0 Å². The normalized spacial score (nSPS) is 31.8. The summed E-state index contributed by atoms with van der Waals surface area (Å²) in [6.45, 7) is 2.56. The lowest BCUT2D eigenvalue weighted by molar-refractivity contribution is -0.140. The van der Waals surface area contributed by atoms with Crippen LogP contribution in [0.1, 0.15) is 44.9 Å². The number of hydrogen-bond donors (Lipinski definition) is 1. The molecule has 2 amide bonds. The van der Waals surface area contributed by atoms with E-state index in [2.05, 4.69) is 5.32 Å². The van der Waals surface area contributed by atoms with E-state index in [9.17, 15) is 9.59 Å². The third kappa shape index (κ3) is 3.57. The van der Waals surface area contributed by atoms with Gasteiger partial charge in [0.2, 0.25) is 11.8 Å². The molecule has 3 fully saturated rings. The van der Waals surface area contributed by atoms with Gasteiger partial charge < -0.3 is 15.0 Å². The molecule has 2 atom stereocenters. The summed E-state index contributed by atoms with van der Waals surface area (Å²) >= 11 is 0. The Morgan fingerprint density at radius 2 is 1.90 bits per heavy atom. The van der Waals surface area contributed by atoms with Crippen LogP contribution in [0.3, 0.4) is 0 Å². The van der Waals surface area contributed by atoms with Gasteiger partial charge in [0.1, 0.15) is 0 Å². The van der Waals surface area contributed by atoms with Crippen LogP contribution in [0, 0.1) is 11.8 Å². The molecule has 5 heteroatoms. The summed E-state index contributed by atoms with van der Waals surface area (Å²) in [5.74, 6) is 0.582. The van der Waals surface area contributed by atoms with Crippen LogP contribution in [0.25, 0.3) is 0 Å². The van der Waals surface area contributed by atoms with Crippen molar-refractivity contribution in [1.29, 1.82) is 0 Å². The van der Waals surface area contributed by atoms with E-state index in [4.69, 9.17) is 4.74 Å². The summed E-state index contributed by atoms with van der Waals surface area (Å²) in [6.07, 6.45) is 7.01. The third-order valence-electron chi connectivity index (χ3n) is 4.91. The molecule has 0 aromatic carbocycles. The van der Waals surface area contributed by atoms with Crippen molar-refractivity contribution in [3.05, 3.63) is 0 Å². The van der Waals surface area contributed by atoms with Gasteiger partial charge in [-0.05, 0) is 32.1 Å². The van der Waals surface area contributed by atoms with E-state index in [1.807, 2.05) is 4.90 Å². The number of carbonyl (C=O) groups is 2. The van der Waals surface area contributed by atoms with Crippen LogP contribution in [0.15, 0.2) is 0 Å². The van der Waals surface area contributed by atoms with Crippen molar-refractivity contribution >= 4 is 11.8 Å². The topological polar surface area (TPSA) is 58.6 Å². The minimum atomic E-state index is -0.0282. The van der Waals surface area contributed by atoms with Crippen molar-refractivity contribution in [2.45, 2.75) is 51.0 Å². The first kappa shape index (κ1) is 14.8. The molecule has 2 saturated carbocycles. The highest BCUT2D eigenvalue weighted by Gasteiger charge is 2.41. The minimum Gasteiger partial charge on any atom is -0.380 e. The van der Waals surface area contributed by atoms with Gasteiger partial charge in [0.05, 0.1) is 12.5 Å². The second-order valence-corrected chi connectivity index (χ2v) is 6.52. The first-order chi connectivity index (χ1) is 10.3. The summed E-state index contributed by atoms with van der Waals surface area (Å²) in [5, 5.41) is 2.98. The molecular formula is C16H26N2O3. The van der Waals surface area contributed by atoms with Gasteiger partial charge in [0.15, 0.2) is 0 Å². The van der Waals surface area contributed by atoms with Gasteiger partial charge in [-0.2, -0.15) is 0 Å². The van der Waals surface area contributed by atoms with Gasteiger partial charge in [-0.1, -0.05) is 12.8 Å². The standard InChI is InChI=1S/C16H26N2O3/c19-15-13-4-1-2-5-14(13)18(16(20)12-6-7-12)9-3-10-21-11-8-17-15/h12-14H,1-11H2,(H,17,19)/t13-,14+/m1/s1. The van der Waals surface area contributed by atoms with Crippen molar-refractivity contribution in [3.63, 3.8) is 0 Å². The van der Waals surface area contributed by atoms with Gasteiger partial charge in [0.25, 0.3) is 0 Å². The SMILES string of the molecule is O=C1NCCOCCCN(C(=O)C2CC2)[C@H]2CCCC[C@@H]12. The molecule has 0 spiro atoms. The van der Waals surface area contributed by atoms with Crippen molar-refractivity contribution < 1.29 is 14.3 Å². The van der Waals surface area contributed by atoms with Gasteiger partial charge >= 0.3 is 0 Å². The fourth-order valence-electron chi connectivity index (χ4n) is 3.61. The highest BCUT2D eigenvalue weighted by atomic mass is 16.5. The molecule has 21 heavy (non-hydrogen) atoms. The van der Waals surface area contributed by atoms with Crippen molar-refractivity contribution in [3.8, 4) is 0 Å². The molecule has 3 aliphatic rings. The number of nitrogens with one attached hydrogen (secondary N) is 1. The molecular weight excluding hydrogens is 268 g/mol. The van der Waals surface area contributed by atoms with E-state index >= 15 is 0 Å². The second-order valence-electron chi connectivity index (χ2n) is 6.52. The Labute approximate surface area is 126 Å². The Morgan fingerprint density at radius 1 is 1.10 bits per heavy atom. The van der Waals surface area contributed by atoms with Gasteiger partial charge in [0, 0.05) is 31.7 Å². The number of amides is 2. The minimum absolute atomic E-state index is 0.0282. The summed E-state index contributed by atoms with van der Waals surface area (Å²) in [5.41, 5.74) is 0. The molecule has 1 N–H and O–H groups in total. The Kier molecular flexibility index (Phi) is 4.78. The summed E-state index contributed by atoms with van der Waals surface area (Å²) in [4.78, 5) is 27.1. The number of nitrogens with zero attached hydrogens (tertiary/aromatic N) is 1. The number of hydrogen-bond acceptors (Lipinski definition) is 3. The zero-order valence-electron chi connectivity index (χ0n) is 12.7. The molecule has 118 valence electrons. The van der Waals surface area contributed by atoms with Crippen LogP contribution < -0.4 is 5.32 Å². The lowest BCUT2D eigenvalue weighted by atomic mass is 9.82. The Bertz CT molecular complexity index is 395. The van der Waals surface area contributed by atoms with E-state index in [0.29, 0.717) is 19.8 Å². The van der Waals surface area contributed by atoms with Gasteiger partial charge in [-0.3, -0.25) is 9.59 Å². The third-order valence-corrected chi connectivity index (χ3v) is 4.91. The second kappa shape index (κ2) is 6.77. The van der Waals surface area contributed by atoms with Crippen molar-refractivity contribution in [2.75, 3.05) is 26.3 Å². The Balaban J connectivity index is 1.78. The monoisotopic (exact) mass is 294 g/mol. The van der Waals surface area contributed by atoms with Crippen molar-refractivity contribution in [1.82, 2.24) is 10.2 Å². The predicted molar refractivity (Wildman–Crippen MR) is 78.6 cm³/mol. The average molecular weight is 294 g/mol. The molecule has 3 rings (SSSR count). The molecule has 0 aromatic heterocycles. The van der Waals surface area contributed by atoms with Crippen molar-refractivity contribution in [2.24, 2.45) is 11.8 Å². The smallest absolute Gasteiger partial charge is 0.225 e. The van der Waals surface area contributed by atoms with Gasteiger partial charge in [-0.25, -0.2) is 0 Å². The highest BCUT2D eigenvalue weighted by Crippen LogP contribution is 2.35. The maximum atomic E-state index is 12.6. The molecule has 0 unspecified atom stereocenters.